The van der Waals surface area contributed by atoms with Crippen LogP contribution in [0.4, 0.5) is 0 Å². The predicted molar refractivity (Wildman–Crippen MR) is 395 cm³/mol. The SMILES string of the molecule is CCCCCCCCCCCCCCCCCC(=O)O[C@H](COC(=O)CCCCCCCCCC(C)C)COP(=O)(O)OC[C@H](O)COP(=O)(O)OC[C@@H](COC(=O)CCCCCCCCCCCCCCC(C)C)OC(=O)CCCCCCCCCCCCCCCCC(C)C. The Balaban J connectivity index is 5.25. The normalized spacial score (nSPS) is 14.0. The van der Waals surface area contributed by atoms with Gasteiger partial charge in [0.1, 0.15) is 19.3 Å². The van der Waals surface area contributed by atoms with Gasteiger partial charge in [-0.05, 0) is 43.4 Å². The van der Waals surface area contributed by atoms with Crippen LogP contribution in [0.15, 0.2) is 0 Å². The highest BCUT2D eigenvalue weighted by atomic mass is 31.2. The third-order valence-electron chi connectivity index (χ3n) is 18.1. The van der Waals surface area contributed by atoms with Crippen LogP contribution in [0.1, 0.15) is 402 Å². The van der Waals surface area contributed by atoms with E-state index < -0.39 is 97.5 Å². The minimum atomic E-state index is -4.96. The first kappa shape index (κ1) is 95.1. The van der Waals surface area contributed by atoms with E-state index in [2.05, 4.69) is 48.5 Å². The maximum atomic E-state index is 13.1. The van der Waals surface area contributed by atoms with Crippen LogP contribution >= 0.6 is 15.6 Å². The van der Waals surface area contributed by atoms with Gasteiger partial charge in [-0.2, -0.15) is 0 Å². The van der Waals surface area contributed by atoms with Gasteiger partial charge < -0.3 is 33.8 Å². The first-order chi connectivity index (χ1) is 46.7. The smallest absolute Gasteiger partial charge is 0.462 e. The van der Waals surface area contributed by atoms with E-state index >= 15 is 0 Å². The number of hydrogen-bond acceptors (Lipinski definition) is 15. The molecule has 3 N–H and O–H groups in total. The second-order valence-electron chi connectivity index (χ2n) is 29.5. The standard InChI is InChI=1S/C78H152O17P2/c1-8-9-10-11-12-13-14-15-16-20-27-32-39-47-54-61-78(83)95-74(66-89-76(81)60-53-46-41-34-37-44-51-58-71(6)7)68-93-97(86,87)91-64-72(79)63-90-96(84,85)92-67-73(65-88-75(80)59-52-45-38-31-26-23-22-25-30-36-43-50-57-70(4)5)94-77(82)62-55-48-40-33-28-21-18-17-19-24-29-35-42-49-56-69(2)3/h69-74,79H,8-68H2,1-7H3,(H,84,85)(H,86,87)/t72-,73-,74-/m1/s1. The molecule has 0 aromatic heterocycles. The molecule has 0 heterocycles. The molecule has 0 aliphatic rings. The summed E-state index contributed by atoms with van der Waals surface area (Å²) in [7, 11) is -9.92. The Morgan fingerprint density at radius 1 is 0.278 bits per heavy atom. The summed E-state index contributed by atoms with van der Waals surface area (Å²) in [4.78, 5) is 72.9. The number of carbonyl (C=O) groups is 4. The fourth-order valence-corrected chi connectivity index (χ4v) is 13.5. The second kappa shape index (κ2) is 68.5. The Bertz CT molecular complexity index is 1890. The maximum absolute atomic E-state index is 13.1. The molecule has 0 aromatic rings. The number of esters is 4. The van der Waals surface area contributed by atoms with Gasteiger partial charge in [0.2, 0.25) is 0 Å². The molecule has 0 saturated heterocycles. The monoisotopic (exact) mass is 1420 g/mol. The van der Waals surface area contributed by atoms with E-state index in [1.807, 2.05) is 0 Å². The van der Waals surface area contributed by atoms with E-state index in [-0.39, 0.29) is 25.7 Å². The molecule has 5 atom stereocenters. The van der Waals surface area contributed by atoms with Crippen molar-refractivity contribution in [2.75, 3.05) is 39.6 Å². The molecule has 0 rings (SSSR count). The number of ether oxygens (including phenoxy) is 4. The van der Waals surface area contributed by atoms with Gasteiger partial charge in [0, 0.05) is 25.7 Å². The summed E-state index contributed by atoms with van der Waals surface area (Å²) in [6, 6.07) is 0. The van der Waals surface area contributed by atoms with Gasteiger partial charge in [-0.15, -0.1) is 0 Å². The van der Waals surface area contributed by atoms with Crippen LogP contribution in [0.3, 0.4) is 0 Å². The molecule has 17 nitrogen and oxygen atoms in total. The fraction of sp³-hybridized carbons (Fsp3) is 0.949. The lowest BCUT2D eigenvalue weighted by molar-refractivity contribution is -0.161. The summed E-state index contributed by atoms with van der Waals surface area (Å²) in [5.41, 5.74) is 0. The number of aliphatic hydroxyl groups excluding tert-OH is 1. The molecule has 0 saturated carbocycles. The number of phosphoric acid groups is 2. The molecule has 0 bridgehead atoms. The lowest BCUT2D eigenvalue weighted by Gasteiger charge is -2.21. The molecule has 2 unspecified atom stereocenters. The van der Waals surface area contributed by atoms with Crippen LogP contribution in [0, 0.1) is 17.8 Å². The van der Waals surface area contributed by atoms with Crippen molar-refractivity contribution in [1.82, 2.24) is 0 Å². The Kier molecular flexibility index (Phi) is 67.1. The first-order valence-electron chi connectivity index (χ1n) is 40.3. The average molecular weight is 1420 g/mol. The minimum Gasteiger partial charge on any atom is -0.462 e. The molecule has 0 aliphatic heterocycles. The summed E-state index contributed by atoms with van der Waals surface area (Å²) < 4.78 is 68.6. The fourth-order valence-electron chi connectivity index (χ4n) is 12.0. The van der Waals surface area contributed by atoms with E-state index in [9.17, 15) is 43.2 Å². The van der Waals surface area contributed by atoms with Gasteiger partial charge in [-0.3, -0.25) is 37.3 Å². The molecule has 576 valence electrons. The summed E-state index contributed by atoms with van der Waals surface area (Å²) in [5.74, 6) is 0.168. The molecule has 0 radical (unpaired) electrons. The van der Waals surface area contributed by atoms with E-state index in [4.69, 9.17) is 37.0 Å². The summed E-state index contributed by atoms with van der Waals surface area (Å²) in [5, 5.41) is 10.6. The quantitative estimate of drug-likeness (QED) is 0.0222. The van der Waals surface area contributed by atoms with Gasteiger partial charge in [0.25, 0.3) is 0 Å². The third-order valence-corrected chi connectivity index (χ3v) is 20.0. The zero-order valence-corrected chi connectivity index (χ0v) is 65.3. The van der Waals surface area contributed by atoms with Crippen molar-refractivity contribution in [3.8, 4) is 0 Å². The zero-order valence-electron chi connectivity index (χ0n) is 63.5. The molecule has 0 fully saturated rings. The minimum absolute atomic E-state index is 0.107. The number of unbranched alkanes of at least 4 members (excludes halogenated alkanes) is 44. The van der Waals surface area contributed by atoms with Crippen molar-refractivity contribution in [1.29, 1.82) is 0 Å². The van der Waals surface area contributed by atoms with Crippen LogP contribution in [-0.2, 0) is 65.4 Å². The van der Waals surface area contributed by atoms with Crippen LogP contribution in [0.2, 0.25) is 0 Å². The van der Waals surface area contributed by atoms with Crippen LogP contribution < -0.4 is 0 Å². The number of hydrogen-bond donors (Lipinski definition) is 3. The summed E-state index contributed by atoms with van der Waals surface area (Å²) >= 11 is 0. The highest BCUT2D eigenvalue weighted by Gasteiger charge is 2.30. The number of rotatable bonds is 76. The van der Waals surface area contributed by atoms with Gasteiger partial charge >= 0.3 is 39.5 Å². The van der Waals surface area contributed by atoms with Crippen LogP contribution in [0.5, 0.6) is 0 Å². The molecule has 19 heteroatoms. The highest BCUT2D eigenvalue weighted by molar-refractivity contribution is 7.47. The van der Waals surface area contributed by atoms with Crippen molar-refractivity contribution in [2.45, 2.75) is 420 Å². The van der Waals surface area contributed by atoms with E-state index in [0.717, 1.165) is 108 Å². The van der Waals surface area contributed by atoms with E-state index in [1.165, 1.54) is 205 Å². The van der Waals surface area contributed by atoms with Gasteiger partial charge in [0.15, 0.2) is 12.2 Å². The Labute approximate surface area is 594 Å². The average Bonchev–Trinajstić information content (AvgIpc) is 1.66. The lowest BCUT2D eigenvalue weighted by atomic mass is 10.0. The van der Waals surface area contributed by atoms with Crippen molar-refractivity contribution in [2.24, 2.45) is 17.8 Å². The molecular formula is C78H152O17P2. The number of aliphatic hydroxyl groups is 1. The van der Waals surface area contributed by atoms with Crippen molar-refractivity contribution in [3.05, 3.63) is 0 Å². The Hall–Kier alpha value is -1.94. The molecule has 0 amide bonds. The molecule has 0 spiro atoms. The van der Waals surface area contributed by atoms with Crippen molar-refractivity contribution >= 4 is 39.5 Å². The Morgan fingerprint density at radius 3 is 0.701 bits per heavy atom. The van der Waals surface area contributed by atoms with Gasteiger partial charge in [-0.25, -0.2) is 9.13 Å². The third kappa shape index (κ3) is 72.2. The second-order valence-corrected chi connectivity index (χ2v) is 32.4. The number of carbonyl (C=O) groups excluding carboxylic acids is 4. The molecule has 0 aromatic carbocycles. The molecule has 0 aliphatic carbocycles. The zero-order chi connectivity index (χ0) is 71.6. The largest absolute Gasteiger partial charge is 0.472 e. The molecule has 97 heavy (non-hydrogen) atoms. The predicted octanol–water partition coefficient (Wildman–Crippen LogP) is 23.0. The van der Waals surface area contributed by atoms with Gasteiger partial charge in [-0.1, -0.05) is 350 Å². The van der Waals surface area contributed by atoms with Crippen molar-refractivity contribution < 1.29 is 80.2 Å². The van der Waals surface area contributed by atoms with Crippen molar-refractivity contribution in [3.63, 3.8) is 0 Å². The van der Waals surface area contributed by atoms with Crippen LogP contribution in [-0.4, -0.2) is 96.7 Å². The summed E-state index contributed by atoms with van der Waals surface area (Å²) in [6.45, 7) is 11.9. The first-order valence-corrected chi connectivity index (χ1v) is 43.3. The van der Waals surface area contributed by atoms with E-state index in [0.29, 0.717) is 31.6 Å². The lowest BCUT2D eigenvalue weighted by Crippen LogP contribution is -2.30. The van der Waals surface area contributed by atoms with Gasteiger partial charge in [0.05, 0.1) is 26.4 Å². The topological polar surface area (TPSA) is 237 Å². The summed E-state index contributed by atoms with van der Waals surface area (Å²) in [6.07, 6.45) is 55.5. The Morgan fingerprint density at radius 2 is 0.474 bits per heavy atom. The van der Waals surface area contributed by atoms with Crippen LogP contribution in [0.25, 0.3) is 0 Å². The number of phosphoric ester groups is 2. The maximum Gasteiger partial charge on any atom is 0.472 e. The van der Waals surface area contributed by atoms with E-state index in [1.54, 1.807) is 0 Å². The highest BCUT2D eigenvalue weighted by Crippen LogP contribution is 2.45. The molecular weight excluding hydrogens is 1270 g/mol.